The van der Waals surface area contributed by atoms with Gasteiger partial charge < -0.3 is 0 Å². The normalized spacial score (nSPS) is 14.6. The number of sulfone groups is 1. The number of fused-ring (bicyclic) bond motifs is 1. The SMILES string of the molecule is CS(=O)(=O)c1nc2c(c(=O)[nH]1)CN(Cc1ccc(-c3ccc(Cl)cc3)nc1)CC2. The van der Waals surface area contributed by atoms with Gasteiger partial charge in [-0.05, 0) is 23.8 Å². The van der Waals surface area contributed by atoms with E-state index in [2.05, 4.69) is 19.9 Å². The molecule has 1 aliphatic heterocycles. The fraction of sp³-hybridized carbons (Fsp3) is 0.250. The van der Waals surface area contributed by atoms with Crippen LogP contribution >= 0.6 is 11.6 Å². The standard InChI is InChI=1S/C20H19ClN4O3S/c1-29(27,28)20-23-18-8-9-25(12-16(18)19(26)24-20)11-13-2-7-17(22-10-13)14-3-5-15(21)6-4-14/h2-7,10H,8-9,11-12H2,1H3,(H,23,24,26). The number of aromatic nitrogens is 3. The van der Waals surface area contributed by atoms with Gasteiger partial charge >= 0.3 is 0 Å². The van der Waals surface area contributed by atoms with E-state index in [1.807, 2.05) is 42.6 Å². The molecule has 4 rings (SSSR count). The molecule has 7 nitrogen and oxygen atoms in total. The Balaban J connectivity index is 1.49. The number of aromatic amines is 1. The predicted molar refractivity (Wildman–Crippen MR) is 110 cm³/mol. The van der Waals surface area contributed by atoms with Crippen LogP contribution in [0.15, 0.2) is 52.5 Å². The Morgan fingerprint density at radius 2 is 1.93 bits per heavy atom. The average molecular weight is 431 g/mol. The van der Waals surface area contributed by atoms with Crippen LogP contribution in [0.1, 0.15) is 16.8 Å². The molecule has 0 spiro atoms. The summed E-state index contributed by atoms with van der Waals surface area (Å²) in [6, 6.07) is 11.5. The molecule has 1 N–H and O–H groups in total. The molecule has 0 aliphatic carbocycles. The van der Waals surface area contributed by atoms with Gasteiger partial charge in [-0.2, -0.15) is 0 Å². The number of hydrogen-bond donors (Lipinski definition) is 1. The molecular weight excluding hydrogens is 412 g/mol. The van der Waals surface area contributed by atoms with Crippen molar-refractivity contribution in [2.45, 2.75) is 24.7 Å². The van der Waals surface area contributed by atoms with E-state index in [1.54, 1.807) is 0 Å². The monoisotopic (exact) mass is 430 g/mol. The van der Waals surface area contributed by atoms with E-state index in [9.17, 15) is 13.2 Å². The van der Waals surface area contributed by atoms with Crippen LogP contribution in [-0.2, 0) is 29.3 Å². The van der Waals surface area contributed by atoms with Crippen LogP contribution in [0.3, 0.4) is 0 Å². The molecule has 1 aromatic carbocycles. The molecule has 1 aliphatic rings. The number of pyridine rings is 1. The molecule has 0 saturated heterocycles. The Bertz CT molecular complexity index is 1210. The molecule has 0 atom stereocenters. The average Bonchev–Trinajstić information content (AvgIpc) is 2.69. The minimum absolute atomic E-state index is 0.267. The number of halogens is 1. The molecule has 29 heavy (non-hydrogen) atoms. The van der Waals surface area contributed by atoms with Gasteiger partial charge in [0.2, 0.25) is 15.0 Å². The third-order valence-corrected chi connectivity index (χ3v) is 6.00. The maximum atomic E-state index is 12.3. The predicted octanol–water partition coefficient (Wildman–Crippen LogP) is 2.45. The molecule has 2 aromatic heterocycles. The van der Waals surface area contributed by atoms with Crippen molar-refractivity contribution in [2.24, 2.45) is 0 Å². The van der Waals surface area contributed by atoms with Crippen molar-refractivity contribution < 1.29 is 8.42 Å². The highest BCUT2D eigenvalue weighted by Crippen LogP contribution is 2.21. The van der Waals surface area contributed by atoms with Crippen molar-refractivity contribution in [2.75, 3.05) is 12.8 Å². The largest absolute Gasteiger partial charge is 0.297 e. The van der Waals surface area contributed by atoms with Gasteiger partial charge in [0.25, 0.3) is 5.56 Å². The lowest BCUT2D eigenvalue weighted by Gasteiger charge is -2.27. The molecule has 3 heterocycles. The van der Waals surface area contributed by atoms with Gasteiger partial charge in [0.05, 0.1) is 17.0 Å². The number of hydrogen-bond acceptors (Lipinski definition) is 6. The van der Waals surface area contributed by atoms with Crippen LogP contribution in [0.4, 0.5) is 0 Å². The quantitative estimate of drug-likeness (QED) is 0.638. The van der Waals surface area contributed by atoms with Crippen LogP contribution in [0.5, 0.6) is 0 Å². The Kier molecular flexibility index (Phi) is 5.24. The van der Waals surface area contributed by atoms with E-state index in [1.165, 1.54) is 0 Å². The van der Waals surface area contributed by atoms with Crippen LogP contribution in [0.25, 0.3) is 11.3 Å². The lowest BCUT2D eigenvalue weighted by molar-refractivity contribution is 0.240. The first-order valence-corrected chi connectivity index (χ1v) is 11.3. The smallest absolute Gasteiger partial charge is 0.256 e. The Hall–Kier alpha value is -2.55. The first-order chi connectivity index (χ1) is 13.8. The Morgan fingerprint density at radius 3 is 2.59 bits per heavy atom. The van der Waals surface area contributed by atoms with E-state index in [4.69, 9.17) is 11.6 Å². The molecule has 0 saturated carbocycles. The number of H-pyrrole nitrogens is 1. The van der Waals surface area contributed by atoms with Crippen molar-refractivity contribution in [1.29, 1.82) is 0 Å². The van der Waals surface area contributed by atoms with Crippen molar-refractivity contribution in [3.05, 3.63) is 74.8 Å². The Labute approximate surface area is 173 Å². The molecular formula is C20H19ClN4O3S. The fourth-order valence-corrected chi connectivity index (χ4v) is 4.02. The fourth-order valence-electron chi connectivity index (χ4n) is 3.34. The summed E-state index contributed by atoms with van der Waals surface area (Å²) in [5.74, 6) is 0. The Morgan fingerprint density at radius 1 is 1.17 bits per heavy atom. The summed E-state index contributed by atoms with van der Waals surface area (Å²) in [6.45, 7) is 1.74. The molecule has 0 amide bonds. The molecule has 3 aromatic rings. The molecule has 9 heteroatoms. The van der Waals surface area contributed by atoms with Crippen molar-refractivity contribution in [1.82, 2.24) is 19.9 Å². The van der Waals surface area contributed by atoms with Crippen LogP contribution in [-0.4, -0.2) is 41.1 Å². The third-order valence-electron chi connectivity index (χ3n) is 4.85. The summed E-state index contributed by atoms with van der Waals surface area (Å²) in [5.41, 5.74) is 3.58. The minimum atomic E-state index is -3.55. The molecule has 0 radical (unpaired) electrons. The van der Waals surface area contributed by atoms with E-state index in [-0.39, 0.29) is 5.16 Å². The summed E-state index contributed by atoms with van der Waals surface area (Å²) in [6.07, 6.45) is 3.39. The highest BCUT2D eigenvalue weighted by Gasteiger charge is 2.23. The summed E-state index contributed by atoms with van der Waals surface area (Å²) < 4.78 is 23.3. The second-order valence-corrected chi connectivity index (χ2v) is 9.46. The maximum Gasteiger partial charge on any atom is 0.256 e. The first kappa shape index (κ1) is 19.8. The number of rotatable bonds is 4. The summed E-state index contributed by atoms with van der Waals surface area (Å²) in [5, 5.41) is 0.417. The number of nitrogens with one attached hydrogen (secondary N) is 1. The van der Waals surface area contributed by atoms with Gasteiger partial charge in [-0.25, -0.2) is 13.4 Å². The summed E-state index contributed by atoms with van der Waals surface area (Å²) in [7, 11) is -3.55. The lowest BCUT2D eigenvalue weighted by Crippen LogP contribution is -2.36. The molecule has 0 bridgehead atoms. The van der Waals surface area contributed by atoms with Crippen LogP contribution in [0, 0.1) is 0 Å². The number of nitrogens with zero attached hydrogens (tertiary/aromatic N) is 3. The highest BCUT2D eigenvalue weighted by molar-refractivity contribution is 7.90. The minimum Gasteiger partial charge on any atom is -0.297 e. The summed E-state index contributed by atoms with van der Waals surface area (Å²) in [4.78, 5) is 25.5. The van der Waals surface area contributed by atoms with Gasteiger partial charge in [0.1, 0.15) is 0 Å². The number of benzene rings is 1. The zero-order valence-corrected chi connectivity index (χ0v) is 17.3. The van der Waals surface area contributed by atoms with Gasteiger partial charge in [0, 0.05) is 49.1 Å². The van der Waals surface area contributed by atoms with Gasteiger partial charge in [-0.1, -0.05) is 29.8 Å². The maximum absolute atomic E-state index is 12.3. The van der Waals surface area contributed by atoms with E-state index in [0.29, 0.717) is 42.3 Å². The lowest BCUT2D eigenvalue weighted by atomic mass is 10.1. The zero-order chi connectivity index (χ0) is 20.6. The van der Waals surface area contributed by atoms with E-state index in [0.717, 1.165) is 23.1 Å². The third kappa shape index (κ3) is 4.39. The second-order valence-electron chi connectivity index (χ2n) is 7.09. The van der Waals surface area contributed by atoms with Gasteiger partial charge in [-0.15, -0.1) is 0 Å². The van der Waals surface area contributed by atoms with Crippen LogP contribution in [0.2, 0.25) is 5.02 Å². The summed E-state index contributed by atoms with van der Waals surface area (Å²) >= 11 is 5.93. The molecule has 0 fully saturated rings. The van der Waals surface area contributed by atoms with Crippen molar-refractivity contribution in [3.63, 3.8) is 0 Å². The van der Waals surface area contributed by atoms with Crippen molar-refractivity contribution >= 4 is 21.4 Å². The zero-order valence-electron chi connectivity index (χ0n) is 15.7. The highest BCUT2D eigenvalue weighted by atomic mass is 35.5. The molecule has 150 valence electrons. The van der Waals surface area contributed by atoms with E-state index < -0.39 is 15.4 Å². The topological polar surface area (TPSA) is 96.0 Å². The van der Waals surface area contributed by atoms with Gasteiger partial charge in [0.15, 0.2) is 0 Å². The second kappa shape index (κ2) is 7.70. The van der Waals surface area contributed by atoms with E-state index >= 15 is 0 Å². The van der Waals surface area contributed by atoms with Crippen LogP contribution < -0.4 is 5.56 Å². The first-order valence-electron chi connectivity index (χ1n) is 9.05. The molecule has 0 unspecified atom stereocenters. The van der Waals surface area contributed by atoms with Crippen molar-refractivity contribution in [3.8, 4) is 11.3 Å². The van der Waals surface area contributed by atoms with Gasteiger partial charge in [-0.3, -0.25) is 19.7 Å².